The molecule has 5 nitrogen and oxygen atoms in total. The van der Waals surface area contributed by atoms with Gasteiger partial charge >= 0.3 is 0 Å². The molecule has 0 saturated carbocycles. The van der Waals surface area contributed by atoms with E-state index in [1.54, 1.807) is 23.3 Å². The summed E-state index contributed by atoms with van der Waals surface area (Å²) in [5, 5.41) is 4.51. The molecular weight excluding hydrogens is 226 g/mol. The van der Waals surface area contributed by atoms with Gasteiger partial charge in [-0.25, -0.2) is 14.6 Å². The lowest BCUT2D eigenvalue weighted by atomic mass is 10.4. The first kappa shape index (κ1) is 9.23. The number of fused-ring (bicyclic) bond motifs is 1. The van der Waals surface area contributed by atoms with Crippen LogP contribution in [0.4, 0.5) is 0 Å². The van der Waals surface area contributed by atoms with Crippen molar-refractivity contribution in [3.63, 3.8) is 0 Å². The summed E-state index contributed by atoms with van der Waals surface area (Å²) in [4.78, 5) is 12.3. The molecule has 0 atom stereocenters. The Kier molecular flexibility index (Phi) is 2.04. The van der Waals surface area contributed by atoms with Gasteiger partial charge in [-0.2, -0.15) is 5.10 Å². The van der Waals surface area contributed by atoms with Gasteiger partial charge in [0.1, 0.15) is 5.52 Å². The van der Waals surface area contributed by atoms with E-state index >= 15 is 0 Å². The number of rotatable bonds is 1. The van der Waals surface area contributed by atoms with Crippen LogP contribution < -0.4 is 0 Å². The second-order valence-electron chi connectivity index (χ2n) is 3.13. The molecule has 0 aliphatic heterocycles. The van der Waals surface area contributed by atoms with Gasteiger partial charge in [0.15, 0.2) is 11.0 Å². The van der Waals surface area contributed by atoms with Crippen molar-refractivity contribution in [2.45, 2.75) is 0 Å². The van der Waals surface area contributed by atoms with Gasteiger partial charge in [0, 0.05) is 18.6 Å². The molecule has 0 amide bonds. The first-order valence-electron chi connectivity index (χ1n) is 4.62. The summed E-state index contributed by atoms with van der Waals surface area (Å²) in [6.07, 6.45) is 6.49. The SMILES string of the molecule is Clc1nccnc1-n1ncc2ncccc21. The molecule has 0 radical (unpaired) electrons. The van der Waals surface area contributed by atoms with Crippen molar-refractivity contribution in [3.05, 3.63) is 42.1 Å². The number of hydrogen-bond donors (Lipinski definition) is 0. The topological polar surface area (TPSA) is 56.5 Å². The zero-order valence-electron chi connectivity index (χ0n) is 8.08. The van der Waals surface area contributed by atoms with Crippen LogP contribution in [0.25, 0.3) is 16.9 Å². The second-order valence-corrected chi connectivity index (χ2v) is 3.49. The third kappa shape index (κ3) is 1.33. The molecule has 6 heteroatoms. The smallest absolute Gasteiger partial charge is 0.192 e. The van der Waals surface area contributed by atoms with Crippen molar-refractivity contribution >= 4 is 22.6 Å². The van der Waals surface area contributed by atoms with Crippen molar-refractivity contribution in [2.24, 2.45) is 0 Å². The Balaban J connectivity index is 2.31. The predicted molar refractivity (Wildman–Crippen MR) is 59.5 cm³/mol. The zero-order chi connectivity index (χ0) is 11.0. The van der Waals surface area contributed by atoms with Crippen molar-refractivity contribution < 1.29 is 0 Å². The van der Waals surface area contributed by atoms with E-state index in [1.165, 1.54) is 6.20 Å². The number of hydrogen-bond acceptors (Lipinski definition) is 4. The summed E-state index contributed by atoms with van der Waals surface area (Å²) in [6.45, 7) is 0. The van der Waals surface area contributed by atoms with Gasteiger partial charge < -0.3 is 0 Å². The highest BCUT2D eigenvalue weighted by Gasteiger charge is 2.09. The lowest BCUT2D eigenvalue weighted by Crippen LogP contribution is -2.00. The van der Waals surface area contributed by atoms with E-state index in [0.29, 0.717) is 11.0 Å². The van der Waals surface area contributed by atoms with E-state index in [0.717, 1.165) is 11.0 Å². The summed E-state index contributed by atoms with van der Waals surface area (Å²) >= 11 is 5.96. The molecule has 3 heterocycles. The summed E-state index contributed by atoms with van der Waals surface area (Å²) in [6, 6.07) is 3.74. The zero-order valence-corrected chi connectivity index (χ0v) is 8.83. The summed E-state index contributed by atoms with van der Waals surface area (Å²) < 4.78 is 1.62. The molecule has 0 N–H and O–H groups in total. The van der Waals surface area contributed by atoms with E-state index in [9.17, 15) is 0 Å². The van der Waals surface area contributed by atoms with Gasteiger partial charge in [-0.3, -0.25) is 4.98 Å². The fourth-order valence-corrected chi connectivity index (χ4v) is 1.67. The van der Waals surface area contributed by atoms with E-state index < -0.39 is 0 Å². The molecule has 3 aromatic heterocycles. The Labute approximate surface area is 95.7 Å². The minimum atomic E-state index is 0.316. The fraction of sp³-hybridized carbons (Fsp3) is 0. The third-order valence-electron chi connectivity index (χ3n) is 2.18. The van der Waals surface area contributed by atoms with E-state index in [-0.39, 0.29) is 0 Å². The van der Waals surface area contributed by atoms with Gasteiger partial charge in [0.25, 0.3) is 0 Å². The largest absolute Gasteiger partial charge is 0.253 e. The molecule has 0 aromatic carbocycles. The Morgan fingerprint density at radius 3 is 2.81 bits per heavy atom. The van der Waals surface area contributed by atoms with Crippen LogP contribution in [0.2, 0.25) is 5.15 Å². The van der Waals surface area contributed by atoms with E-state index in [1.807, 2.05) is 12.1 Å². The highest BCUT2D eigenvalue weighted by molar-refractivity contribution is 6.30. The summed E-state index contributed by atoms with van der Waals surface area (Å²) in [7, 11) is 0. The minimum absolute atomic E-state index is 0.316. The molecule has 3 aromatic rings. The van der Waals surface area contributed by atoms with Crippen LogP contribution in [0.1, 0.15) is 0 Å². The first-order valence-corrected chi connectivity index (χ1v) is 5.00. The molecule has 78 valence electrons. The second kappa shape index (κ2) is 3.53. The van der Waals surface area contributed by atoms with Crippen LogP contribution >= 0.6 is 11.6 Å². The first-order chi connectivity index (χ1) is 7.86. The molecule has 0 spiro atoms. The van der Waals surface area contributed by atoms with Gasteiger partial charge in [-0.15, -0.1) is 0 Å². The fourth-order valence-electron chi connectivity index (χ4n) is 1.49. The maximum Gasteiger partial charge on any atom is 0.192 e. The van der Waals surface area contributed by atoms with Crippen molar-refractivity contribution in [2.75, 3.05) is 0 Å². The molecule has 0 saturated heterocycles. The standard InChI is InChI=1S/C10H6ClN5/c11-9-10(14-5-4-13-9)16-8-2-1-3-12-7(8)6-15-16/h1-6H. The highest BCUT2D eigenvalue weighted by Crippen LogP contribution is 2.18. The van der Waals surface area contributed by atoms with Crippen LogP contribution in [-0.2, 0) is 0 Å². The monoisotopic (exact) mass is 231 g/mol. The molecule has 3 rings (SSSR count). The molecule has 0 bridgehead atoms. The Bertz CT molecular complexity index is 648. The van der Waals surface area contributed by atoms with Gasteiger partial charge in [0.05, 0.1) is 11.7 Å². The van der Waals surface area contributed by atoms with Crippen LogP contribution in [0.3, 0.4) is 0 Å². The molecule has 0 aliphatic rings. The summed E-state index contributed by atoms with van der Waals surface area (Å²) in [5.41, 5.74) is 1.65. The lowest BCUT2D eigenvalue weighted by Gasteiger charge is -2.02. The van der Waals surface area contributed by atoms with Crippen molar-refractivity contribution in [3.8, 4) is 5.82 Å². The number of nitrogens with zero attached hydrogens (tertiary/aromatic N) is 5. The maximum absolute atomic E-state index is 5.96. The van der Waals surface area contributed by atoms with Crippen molar-refractivity contribution in [1.29, 1.82) is 0 Å². The summed E-state index contributed by atoms with van der Waals surface area (Å²) in [5.74, 6) is 0.507. The lowest BCUT2D eigenvalue weighted by molar-refractivity contribution is 0.864. The van der Waals surface area contributed by atoms with Crippen LogP contribution in [-0.4, -0.2) is 24.7 Å². The average Bonchev–Trinajstić information content (AvgIpc) is 2.74. The molecule has 0 aliphatic carbocycles. The Morgan fingerprint density at radius 2 is 1.94 bits per heavy atom. The molecule has 16 heavy (non-hydrogen) atoms. The van der Waals surface area contributed by atoms with Crippen LogP contribution in [0.5, 0.6) is 0 Å². The average molecular weight is 232 g/mol. The van der Waals surface area contributed by atoms with E-state index in [4.69, 9.17) is 11.6 Å². The van der Waals surface area contributed by atoms with Crippen LogP contribution in [0.15, 0.2) is 36.9 Å². The van der Waals surface area contributed by atoms with Crippen molar-refractivity contribution in [1.82, 2.24) is 24.7 Å². The van der Waals surface area contributed by atoms with Gasteiger partial charge in [0.2, 0.25) is 0 Å². The molecule has 0 unspecified atom stereocenters. The maximum atomic E-state index is 5.96. The molecular formula is C10H6ClN5. The highest BCUT2D eigenvalue weighted by atomic mass is 35.5. The predicted octanol–water partition coefficient (Wildman–Crippen LogP) is 1.86. The molecule has 0 fully saturated rings. The Morgan fingerprint density at radius 1 is 1.06 bits per heavy atom. The van der Waals surface area contributed by atoms with Gasteiger partial charge in [-0.1, -0.05) is 11.6 Å². The minimum Gasteiger partial charge on any atom is -0.253 e. The van der Waals surface area contributed by atoms with Crippen LogP contribution in [0, 0.1) is 0 Å². The number of pyridine rings is 1. The Hall–Kier alpha value is -2.01. The van der Waals surface area contributed by atoms with Gasteiger partial charge in [-0.05, 0) is 12.1 Å². The quantitative estimate of drug-likeness (QED) is 0.642. The number of aromatic nitrogens is 5. The normalized spacial score (nSPS) is 10.8. The number of halogens is 1. The third-order valence-corrected chi connectivity index (χ3v) is 2.44. The van der Waals surface area contributed by atoms with E-state index in [2.05, 4.69) is 20.1 Å².